The van der Waals surface area contributed by atoms with E-state index < -0.39 is 0 Å². The molecule has 0 saturated heterocycles. The lowest BCUT2D eigenvalue weighted by molar-refractivity contribution is -0.115. The van der Waals surface area contributed by atoms with Gasteiger partial charge in [-0.05, 0) is 32.0 Å². The van der Waals surface area contributed by atoms with Gasteiger partial charge in [-0.1, -0.05) is 17.3 Å². The van der Waals surface area contributed by atoms with Gasteiger partial charge in [-0.2, -0.15) is 5.10 Å². The SMILES string of the molecule is Cc1cc(C)n(-c2ncc(NC(=O)Cc3noc4ccccc34)cn2)n1. The molecule has 4 rings (SSSR count). The molecular formula is C18H16N6O2. The Labute approximate surface area is 148 Å². The smallest absolute Gasteiger partial charge is 0.250 e. The molecule has 8 heteroatoms. The van der Waals surface area contributed by atoms with E-state index in [1.807, 2.05) is 44.2 Å². The number of nitrogens with one attached hydrogen (secondary N) is 1. The summed E-state index contributed by atoms with van der Waals surface area (Å²) in [6, 6.07) is 9.38. The van der Waals surface area contributed by atoms with Crippen LogP contribution >= 0.6 is 0 Å². The molecule has 1 amide bonds. The van der Waals surface area contributed by atoms with Gasteiger partial charge < -0.3 is 9.84 Å². The van der Waals surface area contributed by atoms with E-state index in [0.29, 0.717) is 22.9 Å². The second-order valence-corrected chi connectivity index (χ2v) is 5.96. The number of para-hydroxylation sites is 1. The highest BCUT2D eigenvalue weighted by Gasteiger charge is 2.13. The van der Waals surface area contributed by atoms with Gasteiger partial charge >= 0.3 is 0 Å². The van der Waals surface area contributed by atoms with Crippen molar-refractivity contribution in [3.05, 3.63) is 59.8 Å². The fraction of sp³-hybridized carbons (Fsp3) is 0.167. The molecule has 0 spiro atoms. The number of anilines is 1. The van der Waals surface area contributed by atoms with Crippen LogP contribution in [0.2, 0.25) is 0 Å². The molecule has 1 aromatic carbocycles. The molecule has 0 aliphatic rings. The van der Waals surface area contributed by atoms with Crippen molar-refractivity contribution in [3.63, 3.8) is 0 Å². The predicted octanol–water partition coefficient (Wildman–Crippen LogP) is 2.60. The van der Waals surface area contributed by atoms with E-state index in [0.717, 1.165) is 16.8 Å². The van der Waals surface area contributed by atoms with E-state index in [1.54, 1.807) is 17.1 Å². The van der Waals surface area contributed by atoms with Crippen LogP contribution in [0.5, 0.6) is 0 Å². The van der Waals surface area contributed by atoms with Gasteiger partial charge in [0.1, 0.15) is 5.69 Å². The number of carbonyl (C=O) groups excluding carboxylic acids is 1. The third-order valence-corrected chi connectivity index (χ3v) is 3.90. The molecule has 0 bridgehead atoms. The fourth-order valence-electron chi connectivity index (χ4n) is 2.75. The van der Waals surface area contributed by atoms with Crippen molar-refractivity contribution in [1.29, 1.82) is 0 Å². The van der Waals surface area contributed by atoms with Gasteiger partial charge in [0.15, 0.2) is 5.58 Å². The van der Waals surface area contributed by atoms with Crippen molar-refractivity contribution < 1.29 is 9.32 Å². The number of carbonyl (C=O) groups is 1. The van der Waals surface area contributed by atoms with Gasteiger partial charge in [0.25, 0.3) is 5.95 Å². The summed E-state index contributed by atoms with van der Waals surface area (Å²) in [5.74, 6) is 0.239. The van der Waals surface area contributed by atoms with Gasteiger partial charge in [-0.15, -0.1) is 0 Å². The van der Waals surface area contributed by atoms with Gasteiger partial charge in [-0.3, -0.25) is 4.79 Å². The lowest BCUT2D eigenvalue weighted by Crippen LogP contribution is -2.15. The Hall–Kier alpha value is -3.55. The minimum atomic E-state index is -0.216. The van der Waals surface area contributed by atoms with Crippen LogP contribution in [-0.4, -0.2) is 30.8 Å². The highest BCUT2D eigenvalue weighted by atomic mass is 16.5. The lowest BCUT2D eigenvalue weighted by atomic mass is 10.1. The molecule has 3 aromatic heterocycles. The molecule has 0 atom stereocenters. The lowest BCUT2D eigenvalue weighted by Gasteiger charge is -2.05. The van der Waals surface area contributed by atoms with E-state index in [4.69, 9.17) is 4.52 Å². The Bertz CT molecular complexity index is 1080. The number of rotatable bonds is 4. The molecular weight excluding hydrogens is 332 g/mol. The first-order chi connectivity index (χ1) is 12.6. The molecule has 0 unspecified atom stereocenters. The molecule has 1 N–H and O–H groups in total. The topological polar surface area (TPSA) is 98.7 Å². The molecule has 0 saturated carbocycles. The third kappa shape index (κ3) is 3.04. The number of nitrogens with zero attached hydrogens (tertiary/aromatic N) is 5. The number of aromatic nitrogens is 5. The maximum atomic E-state index is 12.3. The number of amides is 1. The van der Waals surface area contributed by atoms with Crippen LogP contribution in [0.15, 0.2) is 47.2 Å². The highest BCUT2D eigenvalue weighted by Crippen LogP contribution is 2.18. The largest absolute Gasteiger partial charge is 0.356 e. The summed E-state index contributed by atoms with van der Waals surface area (Å²) in [5.41, 5.74) is 3.60. The van der Waals surface area contributed by atoms with Crippen LogP contribution in [-0.2, 0) is 11.2 Å². The summed E-state index contributed by atoms with van der Waals surface area (Å²) in [7, 11) is 0. The first-order valence-electron chi connectivity index (χ1n) is 8.09. The number of hydrogen-bond donors (Lipinski definition) is 1. The Morgan fingerprint density at radius 3 is 2.69 bits per heavy atom. The molecule has 0 aliphatic heterocycles. The van der Waals surface area contributed by atoms with Crippen molar-refractivity contribution in [3.8, 4) is 5.95 Å². The van der Waals surface area contributed by atoms with Crippen LogP contribution in [0.4, 0.5) is 5.69 Å². The van der Waals surface area contributed by atoms with E-state index in [9.17, 15) is 4.79 Å². The van der Waals surface area contributed by atoms with Gasteiger partial charge in [0, 0.05) is 11.1 Å². The Balaban J connectivity index is 1.47. The summed E-state index contributed by atoms with van der Waals surface area (Å²) in [4.78, 5) is 20.8. The zero-order valence-electron chi connectivity index (χ0n) is 14.3. The molecule has 130 valence electrons. The van der Waals surface area contributed by atoms with Crippen LogP contribution in [0.3, 0.4) is 0 Å². The monoisotopic (exact) mass is 348 g/mol. The maximum Gasteiger partial charge on any atom is 0.250 e. The number of hydrogen-bond acceptors (Lipinski definition) is 6. The van der Waals surface area contributed by atoms with Crippen LogP contribution in [0.25, 0.3) is 16.9 Å². The Kier molecular flexibility index (Phi) is 3.92. The van der Waals surface area contributed by atoms with Crippen molar-refractivity contribution >= 4 is 22.6 Å². The van der Waals surface area contributed by atoms with Crippen LogP contribution in [0, 0.1) is 13.8 Å². The van der Waals surface area contributed by atoms with Gasteiger partial charge in [-0.25, -0.2) is 14.6 Å². The van der Waals surface area contributed by atoms with Crippen molar-refractivity contribution in [1.82, 2.24) is 24.9 Å². The fourth-order valence-corrected chi connectivity index (χ4v) is 2.75. The molecule has 0 radical (unpaired) electrons. The zero-order valence-corrected chi connectivity index (χ0v) is 14.3. The quantitative estimate of drug-likeness (QED) is 0.609. The maximum absolute atomic E-state index is 12.3. The predicted molar refractivity (Wildman–Crippen MR) is 95.0 cm³/mol. The third-order valence-electron chi connectivity index (χ3n) is 3.90. The summed E-state index contributed by atoms with van der Waals surface area (Å²) >= 11 is 0. The van der Waals surface area contributed by atoms with E-state index in [-0.39, 0.29) is 12.3 Å². The Morgan fingerprint density at radius 2 is 1.96 bits per heavy atom. The first kappa shape index (κ1) is 15.9. The van der Waals surface area contributed by atoms with Crippen molar-refractivity contribution in [2.45, 2.75) is 20.3 Å². The summed E-state index contributed by atoms with van der Waals surface area (Å²) in [6.07, 6.45) is 3.21. The molecule has 8 nitrogen and oxygen atoms in total. The highest BCUT2D eigenvalue weighted by molar-refractivity contribution is 5.94. The molecule has 0 aliphatic carbocycles. The van der Waals surface area contributed by atoms with Crippen molar-refractivity contribution in [2.75, 3.05) is 5.32 Å². The molecule has 4 aromatic rings. The van der Waals surface area contributed by atoms with Gasteiger partial charge in [0.05, 0.1) is 30.2 Å². The minimum absolute atomic E-state index is 0.107. The second kappa shape index (κ2) is 6.40. The average Bonchev–Trinajstić information content (AvgIpc) is 3.18. The summed E-state index contributed by atoms with van der Waals surface area (Å²) < 4.78 is 6.87. The molecule has 3 heterocycles. The standard InChI is InChI=1S/C18H16N6O2/c1-11-7-12(2)24(22-11)18-19-9-13(10-20-18)21-17(25)8-15-14-5-3-4-6-16(14)26-23-15/h3-7,9-10H,8H2,1-2H3,(H,21,25). The van der Waals surface area contributed by atoms with Crippen LogP contribution < -0.4 is 5.32 Å². The summed E-state index contributed by atoms with van der Waals surface area (Å²) in [6.45, 7) is 3.84. The average molecular weight is 348 g/mol. The number of aryl methyl sites for hydroxylation is 2. The molecule has 26 heavy (non-hydrogen) atoms. The normalized spacial score (nSPS) is 11.0. The van der Waals surface area contributed by atoms with E-state index in [2.05, 4.69) is 25.5 Å². The number of benzene rings is 1. The van der Waals surface area contributed by atoms with Crippen molar-refractivity contribution in [2.24, 2.45) is 0 Å². The second-order valence-electron chi connectivity index (χ2n) is 5.96. The first-order valence-corrected chi connectivity index (χ1v) is 8.09. The minimum Gasteiger partial charge on any atom is -0.356 e. The Morgan fingerprint density at radius 1 is 1.19 bits per heavy atom. The van der Waals surface area contributed by atoms with E-state index >= 15 is 0 Å². The summed E-state index contributed by atoms with van der Waals surface area (Å²) in [5, 5.41) is 11.9. The van der Waals surface area contributed by atoms with Crippen LogP contribution in [0.1, 0.15) is 17.1 Å². The molecule has 0 fully saturated rings. The zero-order chi connectivity index (χ0) is 18.1. The number of fused-ring (bicyclic) bond motifs is 1. The van der Waals surface area contributed by atoms with E-state index in [1.165, 1.54) is 0 Å². The van der Waals surface area contributed by atoms with Gasteiger partial charge in [0.2, 0.25) is 5.91 Å².